The minimum Gasteiger partial charge on any atom is -0.496 e. The summed E-state index contributed by atoms with van der Waals surface area (Å²) in [5.74, 6) is 1.57. The zero-order valence-electron chi connectivity index (χ0n) is 17.3. The molecule has 0 amide bonds. The molecule has 4 nitrogen and oxygen atoms in total. The third-order valence-corrected chi connectivity index (χ3v) is 6.35. The molecule has 0 radical (unpaired) electrons. The summed E-state index contributed by atoms with van der Waals surface area (Å²) in [4.78, 5) is 15.4. The second kappa shape index (κ2) is 11.8. The van der Waals surface area contributed by atoms with Crippen LogP contribution in [0, 0.1) is 11.8 Å². The van der Waals surface area contributed by atoms with Gasteiger partial charge in [0.15, 0.2) is 5.78 Å². The normalized spacial score (nSPS) is 19.2. The first-order valence-electron chi connectivity index (χ1n) is 10.4. The van der Waals surface area contributed by atoms with Crippen molar-refractivity contribution >= 4 is 43.0 Å². The van der Waals surface area contributed by atoms with E-state index in [1.54, 1.807) is 7.11 Å². The lowest BCUT2D eigenvalue weighted by molar-refractivity contribution is 0.0895. The number of carbonyl (C=O) groups excluding carboxylic acids is 1. The maximum absolute atomic E-state index is 12.9. The molecular formula is C24H29I2NO3. The fraction of sp³-hybridized carbons (Fsp3) is 0.458. The fourth-order valence-corrected chi connectivity index (χ4v) is 4.78. The van der Waals surface area contributed by atoms with E-state index in [-0.39, 0.29) is 18.3 Å². The van der Waals surface area contributed by atoms with Crippen LogP contribution in [0.15, 0.2) is 42.5 Å². The van der Waals surface area contributed by atoms with E-state index in [0.717, 1.165) is 62.0 Å². The van der Waals surface area contributed by atoms with Crippen LogP contribution in [0.5, 0.6) is 5.75 Å². The van der Waals surface area contributed by atoms with E-state index in [1.807, 2.05) is 12.1 Å². The molecule has 30 heavy (non-hydrogen) atoms. The van der Waals surface area contributed by atoms with Crippen LogP contribution >= 0.6 is 37.2 Å². The summed E-state index contributed by atoms with van der Waals surface area (Å²) in [5, 5.41) is 9.53. The first-order chi connectivity index (χ1) is 14.7. The zero-order valence-corrected chi connectivity index (χ0v) is 21.6. The molecule has 2 aliphatic rings. The largest absolute Gasteiger partial charge is 0.496 e. The van der Waals surface area contributed by atoms with Gasteiger partial charge in [-0.1, -0.05) is 30.3 Å². The van der Waals surface area contributed by atoms with E-state index in [4.69, 9.17) is 4.74 Å². The molecular weight excluding hydrogens is 604 g/mol. The molecule has 1 saturated heterocycles. The minimum atomic E-state index is -0.0603. The maximum atomic E-state index is 12.9. The van der Waals surface area contributed by atoms with E-state index in [1.165, 1.54) is 5.56 Å². The quantitative estimate of drug-likeness (QED) is 0.421. The summed E-state index contributed by atoms with van der Waals surface area (Å²) < 4.78 is 5.34. The number of piperidine rings is 1. The van der Waals surface area contributed by atoms with Gasteiger partial charge in [-0.05, 0) is 68.0 Å². The number of rotatable bonds is 6. The number of Topliss-reactive ketones (excluding diaryl/α,β-unsaturated/α-hetero) is 1. The number of hydrogen-bond donors (Lipinski definition) is 1. The summed E-state index contributed by atoms with van der Waals surface area (Å²) in [6.45, 7) is 3.17. The Kier molecular flexibility index (Phi) is 9.40. The van der Waals surface area contributed by atoms with E-state index >= 15 is 0 Å². The summed E-state index contributed by atoms with van der Waals surface area (Å²) >= 11 is 4.24. The zero-order chi connectivity index (χ0) is 21.5. The summed E-state index contributed by atoms with van der Waals surface area (Å²) in [6, 6.07) is 14.4. The molecule has 0 aromatic heterocycles. The Labute approximate surface area is 202 Å². The van der Waals surface area contributed by atoms with Gasteiger partial charge in [0.05, 0.1) is 13.7 Å². The predicted molar refractivity (Wildman–Crippen MR) is 138 cm³/mol. The van der Waals surface area contributed by atoms with Crippen molar-refractivity contribution in [3.63, 3.8) is 0 Å². The highest BCUT2D eigenvalue weighted by Crippen LogP contribution is 2.37. The number of nitrogens with zero attached hydrogens (tertiary/aromatic N) is 1. The lowest BCUT2D eigenvalue weighted by atomic mass is 9.85. The Morgan fingerprint density at radius 1 is 1.13 bits per heavy atom. The standard InChI is InChI=1S/C24H29NO3.I2/c1-28-23-14-22-19(13-21(23)16-26)12-20(24(22)27)11-17-7-9-25(10-8-17)15-18-5-3-2-4-6-18;1-2/h2-6,13-14,17,20,26H,7-12,15-16H2,1H3;. The predicted octanol–water partition coefficient (Wildman–Crippen LogP) is 5.62. The van der Waals surface area contributed by atoms with E-state index < -0.39 is 0 Å². The molecule has 2 aromatic carbocycles. The number of methoxy groups -OCH3 is 1. The molecule has 0 bridgehead atoms. The molecule has 1 N–H and O–H groups in total. The third-order valence-electron chi connectivity index (χ3n) is 6.35. The average molecular weight is 633 g/mol. The number of halogens is 2. The van der Waals surface area contributed by atoms with E-state index in [2.05, 4.69) is 72.5 Å². The van der Waals surface area contributed by atoms with Gasteiger partial charge < -0.3 is 9.84 Å². The van der Waals surface area contributed by atoms with Crippen LogP contribution in [-0.4, -0.2) is 36.0 Å². The van der Waals surface area contributed by atoms with Crippen molar-refractivity contribution in [1.82, 2.24) is 4.90 Å². The highest BCUT2D eigenvalue weighted by molar-refractivity contribution is 15.0. The number of benzene rings is 2. The van der Waals surface area contributed by atoms with Crippen molar-refractivity contribution < 1.29 is 14.6 Å². The Balaban J connectivity index is 0.00000124. The number of aliphatic hydroxyl groups is 1. The van der Waals surface area contributed by atoms with Crippen LogP contribution in [0.2, 0.25) is 0 Å². The van der Waals surface area contributed by atoms with Crippen LogP contribution in [-0.2, 0) is 19.6 Å². The molecule has 2 aromatic rings. The SMILES string of the molecule is COc1cc2c(cc1CO)CC(CC1CCN(Cc3ccccc3)CC1)C2=O.II. The second-order valence-electron chi connectivity index (χ2n) is 8.19. The number of hydrogen-bond acceptors (Lipinski definition) is 4. The Bertz CT molecular complexity index is 836. The van der Waals surface area contributed by atoms with Crippen LogP contribution < -0.4 is 4.74 Å². The summed E-state index contributed by atoms with van der Waals surface area (Å²) in [5.41, 5.74) is 4.00. The van der Waals surface area contributed by atoms with Gasteiger partial charge in [0, 0.05) is 60.8 Å². The van der Waals surface area contributed by atoms with Crippen LogP contribution in [0.3, 0.4) is 0 Å². The van der Waals surface area contributed by atoms with E-state index in [9.17, 15) is 9.90 Å². The van der Waals surface area contributed by atoms with Crippen molar-refractivity contribution in [3.05, 3.63) is 64.7 Å². The molecule has 1 fully saturated rings. The van der Waals surface area contributed by atoms with Crippen LogP contribution in [0.4, 0.5) is 0 Å². The monoisotopic (exact) mass is 633 g/mol. The molecule has 0 spiro atoms. The van der Waals surface area contributed by atoms with Crippen molar-refractivity contribution in [1.29, 1.82) is 0 Å². The topological polar surface area (TPSA) is 49.8 Å². The van der Waals surface area contributed by atoms with Gasteiger partial charge >= 0.3 is 0 Å². The Hall–Kier alpha value is -0.710. The second-order valence-corrected chi connectivity index (χ2v) is 8.19. The van der Waals surface area contributed by atoms with Gasteiger partial charge in [-0.15, -0.1) is 0 Å². The summed E-state index contributed by atoms with van der Waals surface area (Å²) in [7, 11) is 1.58. The first kappa shape index (κ1) is 23.9. The summed E-state index contributed by atoms with van der Waals surface area (Å²) in [6.07, 6.45) is 4.11. The van der Waals surface area contributed by atoms with Crippen LogP contribution in [0.25, 0.3) is 0 Å². The highest BCUT2D eigenvalue weighted by atomic mass is 128. The molecule has 1 atom stereocenters. The molecule has 162 valence electrons. The first-order valence-corrected chi connectivity index (χ1v) is 16.7. The number of ketones is 1. The molecule has 1 unspecified atom stereocenters. The highest BCUT2D eigenvalue weighted by Gasteiger charge is 2.34. The fourth-order valence-electron chi connectivity index (χ4n) is 4.78. The number of fused-ring (bicyclic) bond motifs is 1. The molecule has 1 heterocycles. The van der Waals surface area contributed by atoms with Gasteiger partial charge in [0.2, 0.25) is 0 Å². The van der Waals surface area contributed by atoms with Crippen LogP contribution in [0.1, 0.15) is 46.3 Å². The smallest absolute Gasteiger partial charge is 0.166 e. The number of ether oxygens (including phenoxy) is 1. The Morgan fingerprint density at radius 2 is 1.83 bits per heavy atom. The lowest BCUT2D eigenvalue weighted by Gasteiger charge is -2.32. The van der Waals surface area contributed by atoms with Gasteiger partial charge in [-0.3, -0.25) is 9.69 Å². The average Bonchev–Trinajstić information content (AvgIpc) is 3.10. The van der Waals surface area contributed by atoms with Crippen molar-refractivity contribution in [2.45, 2.75) is 38.8 Å². The molecule has 4 rings (SSSR count). The van der Waals surface area contributed by atoms with Crippen molar-refractivity contribution in [2.75, 3.05) is 20.2 Å². The number of aliphatic hydroxyl groups excluding tert-OH is 1. The molecule has 0 saturated carbocycles. The molecule has 1 aliphatic carbocycles. The van der Waals surface area contributed by atoms with Gasteiger partial charge in [-0.25, -0.2) is 0 Å². The maximum Gasteiger partial charge on any atom is 0.166 e. The van der Waals surface area contributed by atoms with Gasteiger partial charge in [0.25, 0.3) is 0 Å². The molecule has 6 heteroatoms. The number of carbonyl (C=O) groups is 1. The van der Waals surface area contributed by atoms with Crippen molar-refractivity contribution in [2.24, 2.45) is 11.8 Å². The lowest BCUT2D eigenvalue weighted by Crippen LogP contribution is -2.34. The number of likely N-dealkylation sites (tertiary alicyclic amines) is 1. The van der Waals surface area contributed by atoms with Gasteiger partial charge in [0.1, 0.15) is 5.75 Å². The molecule has 1 aliphatic heterocycles. The Morgan fingerprint density at radius 3 is 2.47 bits per heavy atom. The van der Waals surface area contributed by atoms with Gasteiger partial charge in [-0.2, -0.15) is 0 Å². The minimum absolute atomic E-state index is 0.0603. The van der Waals surface area contributed by atoms with Crippen molar-refractivity contribution in [3.8, 4) is 5.75 Å². The van der Waals surface area contributed by atoms with E-state index in [0.29, 0.717) is 11.7 Å². The third kappa shape index (κ3) is 5.75.